The van der Waals surface area contributed by atoms with Gasteiger partial charge in [-0.3, -0.25) is 0 Å². The second-order valence-corrected chi connectivity index (χ2v) is 6.22. The molecule has 0 unspecified atom stereocenters. The number of likely N-dealkylation sites (tertiary alicyclic amines) is 1. The zero-order valence-corrected chi connectivity index (χ0v) is 12.0. The van der Waals surface area contributed by atoms with E-state index in [2.05, 4.69) is 19.6 Å². The fraction of sp³-hybridized carbons (Fsp3) is 0.667. The van der Waals surface area contributed by atoms with Crippen molar-refractivity contribution in [3.63, 3.8) is 0 Å². The summed E-state index contributed by atoms with van der Waals surface area (Å²) in [5.41, 5.74) is -0.243. The van der Waals surface area contributed by atoms with Crippen molar-refractivity contribution in [2.75, 3.05) is 13.1 Å². The molecule has 18 heavy (non-hydrogen) atoms. The van der Waals surface area contributed by atoms with Crippen LogP contribution in [-0.4, -0.2) is 29.7 Å². The Kier molecular flexibility index (Phi) is 4.60. The van der Waals surface area contributed by atoms with Gasteiger partial charge in [-0.1, -0.05) is 31.7 Å². The van der Waals surface area contributed by atoms with Crippen molar-refractivity contribution in [1.82, 2.24) is 4.90 Å². The molecule has 3 nitrogen and oxygen atoms in total. The molecule has 1 rings (SSSR count). The SMILES string of the molecule is C=CC=CC1(C)CCN(C(=O)OC(C)(C)C)CC1. The lowest BCUT2D eigenvalue weighted by atomic mass is 9.80. The van der Waals surface area contributed by atoms with Crippen molar-refractivity contribution >= 4 is 6.09 Å². The second-order valence-electron chi connectivity index (χ2n) is 6.22. The maximum atomic E-state index is 11.9. The zero-order valence-electron chi connectivity index (χ0n) is 12.0. The highest BCUT2D eigenvalue weighted by atomic mass is 16.6. The molecule has 0 aromatic rings. The standard InChI is InChI=1S/C15H25NO2/c1-6-7-8-15(5)9-11-16(12-10-15)13(17)18-14(2,3)4/h6-8H,1,9-12H2,2-5H3. The van der Waals surface area contributed by atoms with Crippen LogP contribution in [0.5, 0.6) is 0 Å². The van der Waals surface area contributed by atoms with Gasteiger partial charge in [0.15, 0.2) is 0 Å². The smallest absolute Gasteiger partial charge is 0.410 e. The number of hydrogen-bond donors (Lipinski definition) is 0. The molecule has 1 amide bonds. The molecular weight excluding hydrogens is 226 g/mol. The highest BCUT2D eigenvalue weighted by Gasteiger charge is 2.31. The van der Waals surface area contributed by atoms with Crippen LogP contribution in [0.2, 0.25) is 0 Å². The van der Waals surface area contributed by atoms with Crippen molar-refractivity contribution < 1.29 is 9.53 Å². The quantitative estimate of drug-likeness (QED) is 0.699. The monoisotopic (exact) mass is 251 g/mol. The summed E-state index contributed by atoms with van der Waals surface area (Å²) in [7, 11) is 0. The van der Waals surface area contributed by atoms with E-state index >= 15 is 0 Å². The molecular formula is C15H25NO2. The van der Waals surface area contributed by atoms with Crippen LogP contribution in [-0.2, 0) is 4.74 Å². The molecule has 0 bridgehead atoms. The largest absolute Gasteiger partial charge is 0.444 e. The highest BCUT2D eigenvalue weighted by Crippen LogP contribution is 2.32. The van der Waals surface area contributed by atoms with E-state index in [1.165, 1.54) is 0 Å². The molecule has 0 aromatic carbocycles. The molecule has 0 atom stereocenters. The first-order valence-corrected chi connectivity index (χ1v) is 6.54. The van der Waals surface area contributed by atoms with E-state index in [4.69, 9.17) is 4.74 Å². The number of allylic oxidation sites excluding steroid dienone is 3. The normalized spacial score (nSPS) is 19.9. The molecule has 1 saturated heterocycles. The third kappa shape index (κ3) is 4.55. The van der Waals surface area contributed by atoms with E-state index in [-0.39, 0.29) is 11.5 Å². The predicted octanol–water partition coefficient (Wildman–Crippen LogP) is 3.77. The minimum Gasteiger partial charge on any atom is -0.444 e. The maximum Gasteiger partial charge on any atom is 0.410 e. The average Bonchev–Trinajstić information content (AvgIpc) is 2.25. The molecule has 0 aliphatic carbocycles. The number of carbonyl (C=O) groups is 1. The number of ether oxygens (including phenoxy) is 1. The molecule has 0 N–H and O–H groups in total. The first-order chi connectivity index (χ1) is 8.26. The van der Waals surface area contributed by atoms with Gasteiger partial charge in [0.2, 0.25) is 0 Å². The Bertz CT molecular complexity index is 331. The van der Waals surface area contributed by atoms with Crippen LogP contribution in [0.3, 0.4) is 0 Å². The van der Waals surface area contributed by atoms with E-state index in [0.717, 1.165) is 25.9 Å². The van der Waals surface area contributed by atoms with Crippen LogP contribution in [0.4, 0.5) is 4.79 Å². The van der Waals surface area contributed by atoms with Gasteiger partial charge in [-0.2, -0.15) is 0 Å². The van der Waals surface area contributed by atoms with Gasteiger partial charge in [-0.05, 0) is 39.0 Å². The Hall–Kier alpha value is -1.25. The third-order valence-corrected chi connectivity index (χ3v) is 3.19. The predicted molar refractivity (Wildman–Crippen MR) is 74.5 cm³/mol. The fourth-order valence-electron chi connectivity index (χ4n) is 1.99. The molecule has 3 heteroatoms. The third-order valence-electron chi connectivity index (χ3n) is 3.19. The van der Waals surface area contributed by atoms with Crippen LogP contribution < -0.4 is 0 Å². The van der Waals surface area contributed by atoms with Gasteiger partial charge >= 0.3 is 6.09 Å². The van der Waals surface area contributed by atoms with Crippen molar-refractivity contribution in [1.29, 1.82) is 0 Å². The molecule has 1 fully saturated rings. The van der Waals surface area contributed by atoms with Crippen molar-refractivity contribution in [3.05, 3.63) is 24.8 Å². The summed E-state index contributed by atoms with van der Waals surface area (Å²) in [6, 6.07) is 0. The molecule has 102 valence electrons. The molecule has 0 spiro atoms. The number of carbonyl (C=O) groups excluding carboxylic acids is 1. The first kappa shape index (κ1) is 14.8. The van der Waals surface area contributed by atoms with E-state index in [9.17, 15) is 4.79 Å². The lowest BCUT2D eigenvalue weighted by molar-refractivity contribution is 0.0155. The molecule has 0 saturated carbocycles. The van der Waals surface area contributed by atoms with Gasteiger partial charge in [0.1, 0.15) is 5.60 Å². The summed E-state index contributed by atoms with van der Waals surface area (Å²) in [4.78, 5) is 13.7. The van der Waals surface area contributed by atoms with E-state index < -0.39 is 5.60 Å². The molecule has 0 radical (unpaired) electrons. The molecule has 1 aliphatic heterocycles. The molecule has 1 aliphatic rings. The van der Waals surface area contributed by atoms with Gasteiger partial charge in [-0.15, -0.1) is 0 Å². The topological polar surface area (TPSA) is 29.5 Å². The molecule has 0 aromatic heterocycles. The Morgan fingerprint density at radius 3 is 2.33 bits per heavy atom. The number of amides is 1. The summed E-state index contributed by atoms with van der Waals surface area (Å²) >= 11 is 0. The lowest BCUT2D eigenvalue weighted by Crippen LogP contribution is -2.43. The van der Waals surface area contributed by atoms with Crippen molar-refractivity contribution in [2.45, 2.75) is 46.1 Å². The van der Waals surface area contributed by atoms with Crippen LogP contribution in [0.15, 0.2) is 24.8 Å². The van der Waals surface area contributed by atoms with Crippen LogP contribution in [0.25, 0.3) is 0 Å². The minimum atomic E-state index is -0.416. The Morgan fingerprint density at radius 2 is 1.89 bits per heavy atom. The fourth-order valence-corrected chi connectivity index (χ4v) is 1.99. The van der Waals surface area contributed by atoms with Crippen molar-refractivity contribution in [2.24, 2.45) is 5.41 Å². The summed E-state index contributed by atoms with van der Waals surface area (Å²) in [5, 5.41) is 0. The van der Waals surface area contributed by atoms with Gasteiger partial charge in [0, 0.05) is 13.1 Å². The van der Waals surface area contributed by atoms with Crippen LogP contribution in [0, 0.1) is 5.41 Å². The summed E-state index contributed by atoms with van der Waals surface area (Å²) < 4.78 is 5.38. The van der Waals surface area contributed by atoms with Gasteiger partial charge in [0.25, 0.3) is 0 Å². The zero-order chi connectivity index (χ0) is 13.8. The van der Waals surface area contributed by atoms with Crippen LogP contribution >= 0.6 is 0 Å². The van der Waals surface area contributed by atoms with Crippen molar-refractivity contribution in [3.8, 4) is 0 Å². The van der Waals surface area contributed by atoms with Gasteiger partial charge in [-0.25, -0.2) is 4.79 Å². The van der Waals surface area contributed by atoms with E-state index in [1.54, 1.807) is 11.0 Å². The number of hydrogen-bond acceptors (Lipinski definition) is 2. The lowest BCUT2D eigenvalue weighted by Gasteiger charge is -2.38. The van der Waals surface area contributed by atoms with Crippen LogP contribution in [0.1, 0.15) is 40.5 Å². The first-order valence-electron chi connectivity index (χ1n) is 6.54. The molecule has 1 heterocycles. The summed E-state index contributed by atoms with van der Waals surface area (Å²) in [6.45, 7) is 13.1. The number of rotatable bonds is 2. The van der Waals surface area contributed by atoms with Gasteiger partial charge in [0.05, 0.1) is 0 Å². The highest BCUT2D eigenvalue weighted by molar-refractivity contribution is 5.68. The average molecular weight is 251 g/mol. The van der Waals surface area contributed by atoms with E-state index in [1.807, 2.05) is 26.8 Å². The van der Waals surface area contributed by atoms with Gasteiger partial charge < -0.3 is 9.64 Å². The maximum absolute atomic E-state index is 11.9. The minimum absolute atomic E-state index is 0.173. The number of nitrogens with zero attached hydrogens (tertiary/aromatic N) is 1. The Balaban J connectivity index is 2.51. The number of piperidine rings is 1. The Morgan fingerprint density at radius 1 is 1.33 bits per heavy atom. The summed E-state index contributed by atoms with van der Waals surface area (Å²) in [5.74, 6) is 0. The summed E-state index contributed by atoms with van der Waals surface area (Å²) in [6.07, 6.45) is 7.71. The second kappa shape index (κ2) is 5.59. The Labute approximate surface area is 110 Å². The van der Waals surface area contributed by atoms with E-state index in [0.29, 0.717) is 0 Å².